The van der Waals surface area contributed by atoms with Crippen molar-refractivity contribution < 1.29 is 14.6 Å². The zero-order valence-electron chi connectivity index (χ0n) is 5.83. The second kappa shape index (κ2) is 2.98. The van der Waals surface area contributed by atoms with Crippen LogP contribution in [0.5, 0.6) is 0 Å². The van der Waals surface area contributed by atoms with Crippen LogP contribution in [0.25, 0.3) is 0 Å². The fourth-order valence-electron chi connectivity index (χ4n) is 0.995. The highest BCUT2D eigenvalue weighted by Gasteiger charge is 2.23. The van der Waals surface area contributed by atoms with Gasteiger partial charge in [-0.1, -0.05) is 0 Å². The molecule has 1 unspecified atom stereocenters. The molecule has 0 bridgehead atoms. The summed E-state index contributed by atoms with van der Waals surface area (Å²) in [6, 6.07) is -0.00694. The molecule has 0 aromatic heterocycles. The largest absolute Gasteiger partial charge is 0.368 e. The topological polar surface area (TPSA) is 58.6 Å². The molecule has 1 aliphatic rings. The standard InChI is InChI=1S/C6H11NO3/c1-4(8)7-5-2-6(9)10-3-5/h5-6,9H,2-3H2,1H3,(H,7,8)/t5-,6?/m0/s1. The van der Waals surface area contributed by atoms with Gasteiger partial charge in [-0.15, -0.1) is 0 Å². The van der Waals surface area contributed by atoms with Crippen molar-refractivity contribution in [1.29, 1.82) is 0 Å². The summed E-state index contributed by atoms with van der Waals surface area (Å²) < 4.78 is 4.81. The molecular formula is C6H11NO3. The van der Waals surface area contributed by atoms with Crippen LogP contribution in [0.3, 0.4) is 0 Å². The van der Waals surface area contributed by atoms with E-state index in [-0.39, 0.29) is 11.9 Å². The van der Waals surface area contributed by atoms with E-state index in [1.165, 1.54) is 6.92 Å². The van der Waals surface area contributed by atoms with Crippen LogP contribution >= 0.6 is 0 Å². The zero-order chi connectivity index (χ0) is 7.56. The van der Waals surface area contributed by atoms with Crippen LogP contribution in [-0.2, 0) is 9.53 Å². The summed E-state index contributed by atoms with van der Waals surface area (Å²) in [6.45, 7) is 1.87. The Kier molecular flexibility index (Phi) is 2.24. The number of carbonyl (C=O) groups is 1. The Morgan fingerprint density at radius 3 is 2.90 bits per heavy atom. The van der Waals surface area contributed by atoms with Crippen LogP contribution < -0.4 is 5.32 Å². The minimum Gasteiger partial charge on any atom is -0.368 e. The van der Waals surface area contributed by atoms with Gasteiger partial charge in [0.15, 0.2) is 6.29 Å². The highest BCUT2D eigenvalue weighted by atomic mass is 16.6. The van der Waals surface area contributed by atoms with Gasteiger partial charge in [0.2, 0.25) is 5.91 Å². The molecule has 58 valence electrons. The maximum Gasteiger partial charge on any atom is 0.217 e. The van der Waals surface area contributed by atoms with Crippen LogP contribution in [0.4, 0.5) is 0 Å². The number of amides is 1. The second-order valence-corrected chi connectivity index (χ2v) is 2.42. The lowest BCUT2D eigenvalue weighted by Gasteiger charge is -2.06. The molecule has 1 amide bonds. The third kappa shape index (κ3) is 1.97. The molecular weight excluding hydrogens is 134 g/mol. The Labute approximate surface area is 59.2 Å². The van der Waals surface area contributed by atoms with Gasteiger partial charge in [-0.05, 0) is 0 Å². The smallest absolute Gasteiger partial charge is 0.217 e. The molecule has 4 nitrogen and oxygen atoms in total. The van der Waals surface area contributed by atoms with Crippen molar-refractivity contribution in [3.05, 3.63) is 0 Å². The van der Waals surface area contributed by atoms with E-state index in [0.29, 0.717) is 13.0 Å². The van der Waals surface area contributed by atoms with Gasteiger partial charge in [-0.3, -0.25) is 4.79 Å². The van der Waals surface area contributed by atoms with E-state index < -0.39 is 6.29 Å². The van der Waals surface area contributed by atoms with Crippen molar-refractivity contribution in [3.63, 3.8) is 0 Å². The van der Waals surface area contributed by atoms with Crippen LogP contribution in [0.2, 0.25) is 0 Å². The number of hydrogen-bond donors (Lipinski definition) is 2. The van der Waals surface area contributed by atoms with Gasteiger partial charge >= 0.3 is 0 Å². The van der Waals surface area contributed by atoms with Gasteiger partial charge in [0.25, 0.3) is 0 Å². The Hall–Kier alpha value is -0.610. The maximum absolute atomic E-state index is 10.5. The number of aliphatic hydroxyl groups excluding tert-OH is 1. The van der Waals surface area contributed by atoms with Crippen molar-refractivity contribution >= 4 is 5.91 Å². The Morgan fingerprint density at radius 2 is 2.50 bits per heavy atom. The van der Waals surface area contributed by atoms with E-state index in [1.54, 1.807) is 0 Å². The summed E-state index contributed by atoms with van der Waals surface area (Å²) in [5, 5.41) is 11.5. The van der Waals surface area contributed by atoms with Gasteiger partial charge < -0.3 is 15.2 Å². The number of nitrogens with one attached hydrogen (secondary N) is 1. The Morgan fingerprint density at radius 1 is 1.80 bits per heavy atom. The average Bonchev–Trinajstić information content (AvgIpc) is 2.13. The molecule has 0 aromatic carbocycles. The van der Waals surface area contributed by atoms with Crippen molar-refractivity contribution in [2.45, 2.75) is 25.7 Å². The van der Waals surface area contributed by atoms with Crippen molar-refractivity contribution in [2.75, 3.05) is 6.61 Å². The summed E-state index contributed by atoms with van der Waals surface area (Å²) >= 11 is 0. The van der Waals surface area contributed by atoms with Crippen LogP contribution in [-0.4, -0.2) is 30.0 Å². The normalized spacial score (nSPS) is 32.2. The number of aliphatic hydroxyl groups is 1. The van der Waals surface area contributed by atoms with Crippen LogP contribution in [0, 0.1) is 0 Å². The highest BCUT2D eigenvalue weighted by Crippen LogP contribution is 2.09. The third-order valence-corrected chi connectivity index (χ3v) is 1.38. The first-order chi connectivity index (χ1) is 4.68. The first-order valence-electron chi connectivity index (χ1n) is 3.25. The van der Waals surface area contributed by atoms with Crippen molar-refractivity contribution in [3.8, 4) is 0 Å². The molecule has 0 spiro atoms. The van der Waals surface area contributed by atoms with E-state index in [2.05, 4.69) is 5.32 Å². The molecule has 10 heavy (non-hydrogen) atoms. The molecule has 1 rings (SSSR count). The number of ether oxygens (including phenoxy) is 1. The molecule has 1 saturated heterocycles. The SMILES string of the molecule is CC(=O)N[C@@H]1COC(O)C1. The van der Waals surface area contributed by atoms with E-state index in [0.717, 1.165) is 0 Å². The van der Waals surface area contributed by atoms with Gasteiger partial charge in [0, 0.05) is 13.3 Å². The molecule has 0 aliphatic carbocycles. The minimum absolute atomic E-state index is 0.00694. The summed E-state index contributed by atoms with van der Waals surface area (Å²) in [5.74, 6) is -0.0808. The second-order valence-electron chi connectivity index (χ2n) is 2.42. The van der Waals surface area contributed by atoms with E-state index in [4.69, 9.17) is 9.84 Å². The summed E-state index contributed by atoms with van der Waals surface area (Å²) in [4.78, 5) is 10.5. The molecule has 2 atom stereocenters. The van der Waals surface area contributed by atoms with E-state index in [1.807, 2.05) is 0 Å². The fourth-order valence-corrected chi connectivity index (χ4v) is 0.995. The molecule has 2 N–H and O–H groups in total. The summed E-state index contributed by atoms with van der Waals surface area (Å²) in [7, 11) is 0. The Balaban J connectivity index is 2.24. The first kappa shape index (κ1) is 7.50. The molecule has 0 saturated carbocycles. The quantitative estimate of drug-likeness (QED) is 0.509. The number of rotatable bonds is 1. The van der Waals surface area contributed by atoms with E-state index in [9.17, 15) is 4.79 Å². The third-order valence-electron chi connectivity index (χ3n) is 1.38. The molecule has 0 radical (unpaired) electrons. The monoisotopic (exact) mass is 145 g/mol. The Bertz CT molecular complexity index is 137. The summed E-state index contributed by atoms with van der Waals surface area (Å²) in [6.07, 6.45) is -0.198. The maximum atomic E-state index is 10.5. The van der Waals surface area contributed by atoms with Crippen LogP contribution in [0.1, 0.15) is 13.3 Å². The predicted molar refractivity (Wildman–Crippen MR) is 34.2 cm³/mol. The molecule has 1 fully saturated rings. The van der Waals surface area contributed by atoms with Gasteiger partial charge in [0.1, 0.15) is 0 Å². The molecule has 0 aromatic rings. The highest BCUT2D eigenvalue weighted by molar-refractivity contribution is 5.73. The minimum atomic E-state index is -0.697. The number of hydrogen-bond acceptors (Lipinski definition) is 3. The fraction of sp³-hybridized carbons (Fsp3) is 0.833. The summed E-state index contributed by atoms with van der Waals surface area (Å²) in [5.41, 5.74) is 0. The van der Waals surface area contributed by atoms with Gasteiger partial charge in [-0.25, -0.2) is 0 Å². The van der Waals surface area contributed by atoms with Crippen LogP contribution in [0.15, 0.2) is 0 Å². The average molecular weight is 145 g/mol. The lowest BCUT2D eigenvalue weighted by molar-refractivity contribution is -0.119. The molecule has 1 heterocycles. The van der Waals surface area contributed by atoms with E-state index >= 15 is 0 Å². The van der Waals surface area contributed by atoms with Gasteiger partial charge in [0.05, 0.1) is 12.6 Å². The lowest BCUT2D eigenvalue weighted by Crippen LogP contribution is -2.33. The van der Waals surface area contributed by atoms with Crippen molar-refractivity contribution in [1.82, 2.24) is 5.32 Å². The predicted octanol–water partition coefficient (Wildman–Crippen LogP) is -0.770. The zero-order valence-corrected chi connectivity index (χ0v) is 5.83. The molecule has 1 aliphatic heterocycles. The lowest BCUT2D eigenvalue weighted by atomic mass is 10.2. The first-order valence-corrected chi connectivity index (χ1v) is 3.25. The van der Waals surface area contributed by atoms with Crippen molar-refractivity contribution in [2.24, 2.45) is 0 Å². The van der Waals surface area contributed by atoms with Gasteiger partial charge in [-0.2, -0.15) is 0 Å². The number of carbonyl (C=O) groups excluding carboxylic acids is 1. The molecule has 4 heteroatoms.